The van der Waals surface area contributed by atoms with Crippen molar-refractivity contribution in [2.75, 3.05) is 6.54 Å². The molecule has 0 aliphatic carbocycles. The van der Waals surface area contributed by atoms with Gasteiger partial charge in [0, 0.05) is 10.0 Å². The van der Waals surface area contributed by atoms with E-state index in [1.165, 1.54) is 5.56 Å². The molecule has 0 aliphatic rings. The summed E-state index contributed by atoms with van der Waals surface area (Å²) in [5, 5.41) is 5.09. The molecule has 1 nitrogen and oxygen atoms in total. The van der Waals surface area contributed by atoms with Crippen LogP contribution in [0.5, 0.6) is 0 Å². The van der Waals surface area contributed by atoms with Crippen LogP contribution in [0.15, 0.2) is 42.5 Å². The summed E-state index contributed by atoms with van der Waals surface area (Å²) in [4.78, 5) is 0. The molecular formula is C17H19Cl2N. The summed E-state index contributed by atoms with van der Waals surface area (Å²) in [6.07, 6.45) is 1.08. The Bertz CT molecular complexity index is 561. The van der Waals surface area contributed by atoms with Gasteiger partial charge in [-0.25, -0.2) is 0 Å². The molecule has 1 atom stereocenters. The van der Waals surface area contributed by atoms with Crippen LogP contribution in [0, 0.1) is 6.92 Å². The number of hydrogen-bond donors (Lipinski definition) is 1. The molecule has 2 aromatic carbocycles. The van der Waals surface area contributed by atoms with Gasteiger partial charge < -0.3 is 5.32 Å². The lowest BCUT2D eigenvalue weighted by atomic mass is 9.97. The molecule has 2 aromatic rings. The van der Waals surface area contributed by atoms with Gasteiger partial charge >= 0.3 is 0 Å². The van der Waals surface area contributed by atoms with E-state index < -0.39 is 0 Å². The van der Waals surface area contributed by atoms with Crippen LogP contribution in [0.2, 0.25) is 10.0 Å². The molecule has 20 heavy (non-hydrogen) atoms. The minimum absolute atomic E-state index is 0.117. The van der Waals surface area contributed by atoms with Gasteiger partial charge in [-0.1, -0.05) is 48.3 Å². The molecule has 2 rings (SSSR count). The first-order valence-electron chi connectivity index (χ1n) is 6.86. The predicted molar refractivity (Wildman–Crippen MR) is 87.8 cm³/mol. The third-order valence-electron chi connectivity index (χ3n) is 3.18. The van der Waals surface area contributed by atoms with Crippen molar-refractivity contribution < 1.29 is 0 Å². The summed E-state index contributed by atoms with van der Waals surface area (Å²) in [7, 11) is 0. The lowest BCUT2D eigenvalue weighted by Gasteiger charge is -2.20. The first kappa shape index (κ1) is 15.4. The van der Waals surface area contributed by atoms with E-state index >= 15 is 0 Å². The molecule has 0 aromatic heterocycles. The van der Waals surface area contributed by atoms with Gasteiger partial charge in [-0.05, 0) is 60.8 Å². The van der Waals surface area contributed by atoms with Gasteiger partial charge in [0.15, 0.2) is 0 Å². The summed E-state index contributed by atoms with van der Waals surface area (Å²) >= 11 is 12.3. The predicted octanol–water partition coefficient (Wildman–Crippen LogP) is 5.39. The highest BCUT2D eigenvalue weighted by atomic mass is 35.5. The van der Waals surface area contributed by atoms with E-state index in [-0.39, 0.29) is 6.04 Å². The fourth-order valence-electron chi connectivity index (χ4n) is 2.33. The normalized spacial score (nSPS) is 12.4. The maximum Gasteiger partial charge on any atom is 0.0577 e. The van der Waals surface area contributed by atoms with Crippen LogP contribution in [0.4, 0.5) is 0 Å². The zero-order valence-electron chi connectivity index (χ0n) is 11.8. The lowest BCUT2D eigenvalue weighted by molar-refractivity contribution is 0.598. The average molecular weight is 308 g/mol. The highest BCUT2D eigenvalue weighted by Gasteiger charge is 2.14. The van der Waals surface area contributed by atoms with Gasteiger partial charge in [-0.3, -0.25) is 0 Å². The van der Waals surface area contributed by atoms with E-state index in [9.17, 15) is 0 Å². The highest BCUT2D eigenvalue weighted by Crippen LogP contribution is 2.27. The first-order valence-corrected chi connectivity index (χ1v) is 7.61. The van der Waals surface area contributed by atoms with Crippen LogP contribution >= 0.6 is 23.2 Å². The van der Waals surface area contributed by atoms with Crippen LogP contribution in [0.1, 0.15) is 36.1 Å². The van der Waals surface area contributed by atoms with Crippen molar-refractivity contribution in [1.82, 2.24) is 5.32 Å². The Kier molecular flexibility index (Phi) is 5.47. The Balaban J connectivity index is 2.41. The van der Waals surface area contributed by atoms with Crippen LogP contribution in [-0.2, 0) is 0 Å². The molecule has 106 valence electrons. The van der Waals surface area contributed by atoms with Crippen LogP contribution < -0.4 is 5.32 Å². The molecule has 0 radical (unpaired) electrons. The van der Waals surface area contributed by atoms with Gasteiger partial charge in [0.05, 0.1) is 6.04 Å². The molecule has 0 saturated carbocycles. The minimum Gasteiger partial charge on any atom is -0.306 e. The lowest BCUT2D eigenvalue weighted by Crippen LogP contribution is -2.23. The molecule has 0 spiro atoms. The zero-order valence-corrected chi connectivity index (χ0v) is 13.3. The molecule has 0 amide bonds. The fraction of sp³-hybridized carbons (Fsp3) is 0.294. The summed E-state index contributed by atoms with van der Waals surface area (Å²) in [5.74, 6) is 0. The van der Waals surface area contributed by atoms with Crippen molar-refractivity contribution >= 4 is 23.2 Å². The van der Waals surface area contributed by atoms with Gasteiger partial charge in [-0.2, -0.15) is 0 Å². The number of halogens is 2. The first-order chi connectivity index (χ1) is 9.60. The molecule has 3 heteroatoms. The summed E-state index contributed by atoms with van der Waals surface area (Å²) in [6.45, 7) is 5.16. The van der Waals surface area contributed by atoms with Gasteiger partial charge in [0.1, 0.15) is 0 Å². The zero-order chi connectivity index (χ0) is 14.5. The van der Waals surface area contributed by atoms with E-state index in [1.807, 2.05) is 30.3 Å². The third-order valence-corrected chi connectivity index (χ3v) is 3.63. The van der Waals surface area contributed by atoms with Crippen molar-refractivity contribution in [3.8, 4) is 0 Å². The standard InChI is InChI=1S/C17H19Cl2N/c1-3-7-20-17(13-5-4-6-15(18)10-13)14-8-12(2)9-16(19)11-14/h4-6,8-11,17,20H,3,7H2,1-2H3. The van der Waals surface area contributed by atoms with E-state index in [0.717, 1.165) is 34.1 Å². The van der Waals surface area contributed by atoms with E-state index in [0.29, 0.717) is 0 Å². The van der Waals surface area contributed by atoms with Crippen molar-refractivity contribution in [3.63, 3.8) is 0 Å². The van der Waals surface area contributed by atoms with Gasteiger partial charge in [0.25, 0.3) is 0 Å². The molecule has 1 unspecified atom stereocenters. The van der Waals surface area contributed by atoms with E-state index in [4.69, 9.17) is 23.2 Å². The Morgan fingerprint density at radius 2 is 1.75 bits per heavy atom. The molecule has 0 fully saturated rings. The molecule has 1 N–H and O–H groups in total. The summed E-state index contributed by atoms with van der Waals surface area (Å²) in [6, 6.07) is 14.2. The van der Waals surface area contributed by atoms with Crippen molar-refractivity contribution in [3.05, 3.63) is 69.2 Å². The molecule has 0 bridgehead atoms. The van der Waals surface area contributed by atoms with Gasteiger partial charge in [0.2, 0.25) is 0 Å². The van der Waals surface area contributed by atoms with Gasteiger partial charge in [-0.15, -0.1) is 0 Å². The summed E-state index contributed by atoms with van der Waals surface area (Å²) < 4.78 is 0. The smallest absolute Gasteiger partial charge is 0.0577 e. The summed E-state index contributed by atoms with van der Waals surface area (Å²) in [5.41, 5.74) is 3.50. The van der Waals surface area contributed by atoms with Crippen molar-refractivity contribution in [2.24, 2.45) is 0 Å². The topological polar surface area (TPSA) is 12.0 Å². The highest BCUT2D eigenvalue weighted by molar-refractivity contribution is 6.31. The molecule has 0 heterocycles. The Labute approximate surface area is 130 Å². The Morgan fingerprint density at radius 1 is 1.00 bits per heavy atom. The number of nitrogens with one attached hydrogen (secondary N) is 1. The Hall–Kier alpha value is -1.02. The van der Waals surface area contributed by atoms with Crippen molar-refractivity contribution in [2.45, 2.75) is 26.3 Å². The second kappa shape index (κ2) is 7.12. The number of hydrogen-bond acceptors (Lipinski definition) is 1. The minimum atomic E-state index is 0.117. The van der Waals surface area contributed by atoms with E-state index in [1.54, 1.807) is 0 Å². The SMILES string of the molecule is CCCNC(c1cccc(Cl)c1)c1cc(C)cc(Cl)c1. The number of rotatable bonds is 5. The monoisotopic (exact) mass is 307 g/mol. The quantitative estimate of drug-likeness (QED) is 0.780. The largest absolute Gasteiger partial charge is 0.306 e. The fourth-order valence-corrected chi connectivity index (χ4v) is 2.83. The number of benzene rings is 2. The molecule has 0 saturated heterocycles. The van der Waals surface area contributed by atoms with Crippen molar-refractivity contribution in [1.29, 1.82) is 0 Å². The second-order valence-electron chi connectivity index (χ2n) is 5.00. The third kappa shape index (κ3) is 3.99. The maximum absolute atomic E-state index is 6.19. The van der Waals surface area contributed by atoms with Crippen LogP contribution in [0.25, 0.3) is 0 Å². The maximum atomic E-state index is 6.19. The Morgan fingerprint density at radius 3 is 2.40 bits per heavy atom. The second-order valence-corrected chi connectivity index (χ2v) is 5.88. The average Bonchev–Trinajstić information content (AvgIpc) is 2.38. The van der Waals surface area contributed by atoms with Crippen LogP contribution in [-0.4, -0.2) is 6.54 Å². The molecular weight excluding hydrogens is 289 g/mol. The number of aryl methyl sites for hydroxylation is 1. The molecule has 0 aliphatic heterocycles. The van der Waals surface area contributed by atoms with Crippen LogP contribution in [0.3, 0.4) is 0 Å². The van der Waals surface area contributed by atoms with E-state index in [2.05, 4.69) is 31.3 Å².